The molecular formula is C20H26N2O4S. The lowest BCUT2D eigenvalue weighted by Gasteiger charge is -2.22. The van der Waals surface area contributed by atoms with E-state index < -0.39 is 16.0 Å². The highest BCUT2D eigenvalue weighted by atomic mass is 32.2. The third-order valence-electron chi connectivity index (χ3n) is 4.06. The Hall–Kier alpha value is -2.22. The van der Waals surface area contributed by atoms with Crippen LogP contribution in [0.4, 0.5) is 0 Å². The van der Waals surface area contributed by atoms with Gasteiger partial charge in [0.05, 0.1) is 5.56 Å². The second-order valence-corrected chi connectivity index (χ2v) is 8.28. The van der Waals surface area contributed by atoms with Crippen molar-refractivity contribution in [1.82, 2.24) is 10.6 Å². The molecule has 6 nitrogen and oxygen atoms in total. The molecule has 1 atom stereocenters. The number of hydrogen-bond acceptors (Lipinski definition) is 4. The second-order valence-electron chi connectivity index (χ2n) is 6.89. The zero-order chi connectivity index (χ0) is 19.9. The van der Waals surface area contributed by atoms with Gasteiger partial charge in [-0.3, -0.25) is 9.35 Å². The molecule has 1 amide bonds. The van der Waals surface area contributed by atoms with Crippen LogP contribution in [0.15, 0.2) is 59.5 Å². The van der Waals surface area contributed by atoms with E-state index in [4.69, 9.17) is 0 Å². The number of nitrogens with one attached hydrogen (secondary N) is 2. The van der Waals surface area contributed by atoms with Crippen LogP contribution < -0.4 is 10.6 Å². The molecule has 0 fully saturated rings. The van der Waals surface area contributed by atoms with E-state index in [1.165, 1.54) is 18.2 Å². The molecule has 146 valence electrons. The molecule has 0 aromatic heterocycles. The van der Waals surface area contributed by atoms with Gasteiger partial charge in [-0.05, 0) is 30.0 Å². The largest absolute Gasteiger partial charge is 0.348 e. The Labute approximate surface area is 160 Å². The zero-order valence-corrected chi connectivity index (χ0v) is 16.4. The standard InChI is InChI=1S/C20H26N2O4S/c1-15(2)12-17(14-21-13-16-8-4-3-5-9-16)22-20(23)18-10-6-7-11-19(18)27(24,25)26/h3-11,15,17,21H,12-14H2,1-2H3,(H,22,23)(H,24,25,26)/t17-/m0/s1. The molecule has 27 heavy (non-hydrogen) atoms. The van der Waals surface area contributed by atoms with Gasteiger partial charge in [0.25, 0.3) is 16.0 Å². The van der Waals surface area contributed by atoms with Gasteiger partial charge in [-0.25, -0.2) is 0 Å². The fourth-order valence-corrected chi connectivity index (χ4v) is 3.58. The van der Waals surface area contributed by atoms with Crippen molar-refractivity contribution in [3.63, 3.8) is 0 Å². The van der Waals surface area contributed by atoms with Gasteiger partial charge in [0.1, 0.15) is 4.90 Å². The van der Waals surface area contributed by atoms with Crippen molar-refractivity contribution < 1.29 is 17.8 Å². The van der Waals surface area contributed by atoms with Gasteiger partial charge < -0.3 is 10.6 Å². The Morgan fingerprint density at radius 3 is 2.30 bits per heavy atom. The molecule has 0 spiro atoms. The summed E-state index contributed by atoms with van der Waals surface area (Å²) in [7, 11) is -4.47. The van der Waals surface area contributed by atoms with Crippen LogP contribution in [0.25, 0.3) is 0 Å². The summed E-state index contributed by atoms with van der Waals surface area (Å²) in [5, 5.41) is 6.21. The lowest BCUT2D eigenvalue weighted by atomic mass is 10.0. The molecule has 0 saturated carbocycles. The summed E-state index contributed by atoms with van der Waals surface area (Å²) < 4.78 is 32.4. The van der Waals surface area contributed by atoms with E-state index in [0.29, 0.717) is 19.0 Å². The molecule has 0 radical (unpaired) electrons. The number of amides is 1. The molecule has 2 aromatic rings. The highest BCUT2D eigenvalue weighted by molar-refractivity contribution is 7.86. The Balaban J connectivity index is 2.06. The van der Waals surface area contributed by atoms with E-state index in [9.17, 15) is 17.8 Å². The van der Waals surface area contributed by atoms with Gasteiger partial charge in [-0.15, -0.1) is 0 Å². The second kappa shape index (κ2) is 9.64. The number of hydrogen-bond donors (Lipinski definition) is 3. The van der Waals surface area contributed by atoms with Crippen LogP contribution in [0.2, 0.25) is 0 Å². The average molecular weight is 391 g/mol. The van der Waals surface area contributed by atoms with E-state index in [0.717, 1.165) is 12.0 Å². The third kappa shape index (κ3) is 6.78. The molecule has 0 bridgehead atoms. The van der Waals surface area contributed by atoms with E-state index in [-0.39, 0.29) is 16.5 Å². The maximum atomic E-state index is 12.6. The van der Waals surface area contributed by atoms with Crippen molar-refractivity contribution in [2.24, 2.45) is 5.92 Å². The lowest BCUT2D eigenvalue weighted by Crippen LogP contribution is -2.43. The summed E-state index contributed by atoms with van der Waals surface area (Å²) in [5.74, 6) is -0.166. The predicted molar refractivity (Wildman–Crippen MR) is 105 cm³/mol. The predicted octanol–water partition coefficient (Wildman–Crippen LogP) is 2.87. The molecule has 2 aromatic carbocycles. The molecule has 0 unspecified atom stereocenters. The molecule has 0 heterocycles. The SMILES string of the molecule is CC(C)C[C@@H](CNCc1ccccc1)NC(=O)c1ccccc1S(=O)(=O)O. The van der Waals surface area contributed by atoms with Crippen LogP contribution in [-0.2, 0) is 16.7 Å². The number of benzene rings is 2. The molecule has 3 N–H and O–H groups in total. The maximum Gasteiger partial charge on any atom is 0.295 e. The Morgan fingerprint density at radius 1 is 1.04 bits per heavy atom. The highest BCUT2D eigenvalue weighted by Crippen LogP contribution is 2.16. The number of carbonyl (C=O) groups is 1. The molecular weight excluding hydrogens is 364 g/mol. The molecule has 7 heteroatoms. The molecule has 0 aliphatic rings. The van der Waals surface area contributed by atoms with Crippen LogP contribution >= 0.6 is 0 Å². The van der Waals surface area contributed by atoms with E-state index in [1.54, 1.807) is 6.07 Å². The lowest BCUT2D eigenvalue weighted by molar-refractivity contribution is 0.0928. The quantitative estimate of drug-likeness (QED) is 0.572. The van der Waals surface area contributed by atoms with Gasteiger partial charge >= 0.3 is 0 Å². The van der Waals surface area contributed by atoms with Crippen LogP contribution in [0.3, 0.4) is 0 Å². The van der Waals surface area contributed by atoms with E-state index in [1.807, 2.05) is 30.3 Å². The van der Waals surface area contributed by atoms with Gasteiger partial charge in [0.15, 0.2) is 0 Å². The Morgan fingerprint density at radius 2 is 1.67 bits per heavy atom. The monoisotopic (exact) mass is 390 g/mol. The summed E-state index contributed by atoms with van der Waals surface area (Å²) in [6.07, 6.45) is 0.738. The minimum Gasteiger partial charge on any atom is -0.348 e. The Kier molecular flexibility index (Phi) is 7.53. The molecule has 0 aliphatic heterocycles. The van der Waals surface area contributed by atoms with Crippen LogP contribution in [0.1, 0.15) is 36.2 Å². The highest BCUT2D eigenvalue weighted by Gasteiger charge is 2.22. The molecule has 0 saturated heterocycles. The molecule has 2 rings (SSSR count). The third-order valence-corrected chi connectivity index (χ3v) is 4.98. The minimum atomic E-state index is -4.47. The van der Waals surface area contributed by atoms with Crippen molar-refractivity contribution >= 4 is 16.0 Å². The van der Waals surface area contributed by atoms with Gasteiger partial charge in [0, 0.05) is 19.1 Å². The average Bonchev–Trinajstić information content (AvgIpc) is 2.61. The minimum absolute atomic E-state index is 0.0585. The van der Waals surface area contributed by atoms with Crippen molar-refractivity contribution in [3.05, 3.63) is 65.7 Å². The van der Waals surface area contributed by atoms with Crippen molar-refractivity contribution in [3.8, 4) is 0 Å². The summed E-state index contributed by atoms with van der Waals surface area (Å²) in [4.78, 5) is 12.2. The summed E-state index contributed by atoms with van der Waals surface area (Å²) in [6.45, 7) is 5.34. The first-order valence-corrected chi connectivity index (χ1v) is 10.3. The van der Waals surface area contributed by atoms with Crippen LogP contribution in [-0.4, -0.2) is 31.5 Å². The fraction of sp³-hybridized carbons (Fsp3) is 0.350. The normalized spacial score (nSPS) is 12.7. The first-order chi connectivity index (χ1) is 12.8. The Bertz CT molecular complexity index is 851. The zero-order valence-electron chi connectivity index (χ0n) is 15.6. The number of rotatable bonds is 9. The smallest absolute Gasteiger partial charge is 0.295 e. The first kappa shape index (κ1) is 21.1. The van der Waals surface area contributed by atoms with Crippen molar-refractivity contribution in [2.45, 2.75) is 37.8 Å². The first-order valence-electron chi connectivity index (χ1n) is 8.89. The van der Waals surface area contributed by atoms with Crippen molar-refractivity contribution in [1.29, 1.82) is 0 Å². The van der Waals surface area contributed by atoms with E-state index in [2.05, 4.69) is 24.5 Å². The van der Waals surface area contributed by atoms with Gasteiger partial charge in [-0.1, -0.05) is 56.3 Å². The fourth-order valence-electron chi connectivity index (χ4n) is 2.89. The van der Waals surface area contributed by atoms with E-state index >= 15 is 0 Å². The van der Waals surface area contributed by atoms with Crippen LogP contribution in [0, 0.1) is 5.92 Å². The summed E-state index contributed by atoms with van der Waals surface area (Å²) >= 11 is 0. The van der Waals surface area contributed by atoms with Gasteiger partial charge in [-0.2, -0.15) is 8.42 Å². The van der Waals surface area contributed by atoms with Crippen LogP contribution in [0.5, 0.6) is 0 Å². The van der Waals surface area contributed by atoms with Gasteiger partial charge in [0.2, 0.25) is 0 Å². The maximum absolute atomic E-state index is 12.6. The van der Waals surface area contributed by atoms with Crippen molar-refractivity contribution in [2.75, 3.05) is 6.54 Å². The topological polar surface area (TPSA) is 95.5 Å². The summed E-state index contributed by atoms with van der Waals surface area (Å²) in [5.41, 5.74) is 1.08. The molecule has 0 aliphatic carbocycles. The summed E-state index contributed by atoms with van der Waals surface area (Å²) in [6, 6.07) is 15.4. The number of carbonyl (C=O) groups excluding carboxylic acids is 1.